The Kier molecular flexibility index (Phi) is 4.78. The van der Waals surface area contributed by atoms with Crippen LogP contribution in [0.3, 0.4) is 0 Å². The van der Waals surface area contributed by atoms with Gasteiger partial charge in [-0.1, -0.05) is 54.1 Å². The van der Waals surface area contributed by atoms with Gasteiger partial charge in [0.25, 0.3) is 0 Å². The van der Waals surface area contributed by atoms with Gasteiger partial charge >= 0.3 is 11.7 Å². The van der Waals surface area contributed by atoms with Gasteiger partial charge in [0.2, 0.25) is 5.88 Å². The topological polar surface area (TPSA) is 79.5 Å². The smallest absolute Gasteiger partial charge is 0.331 e. The lowest BCUT2D eigenvalue weighted by atomic mass is 10.1. The van der Waals surface area contributed by atoms with Gasteiger partial charge in [0.15, 0.2) is 0 Å². The zero-order chi connectivity index (χ0) is 21.7. The number of fused-ring (bicyclic) bond motifs is 1. The third-order valence-corrected chi connectivity index (χ3v) is 6.56. The Bertz CT molecular complexity index is 1200. The molecule has 0 saturated heterocycles. The maximum Gasteiger partial charge on any atom is 0.331 e. The average molecular weight is 439 g/mol. The first-order valence-electron chi connectivity index (χ1n) is 10.3. The van der Waals surface area contributed by atoms with Crippen LogP contribution in [0.15, 0.2) is 53.3 Å². The van der Waals surface area contributed by atoms with Crippen LogP contribution in [0, 0.1) is 6.92 Å². The minimum absolute atomic E-state index is 0.0418. The molecule has 0 bridgehead atoms. The number of benzene rings is 2. The van der Waals surface area contributed by atoms with Crippen molar-refractivity contribution in [2.75, 3.05) is 11.9 Å². The van der Waals surface area contributed by atoms with E-state index >= 15 is 0 Å². The van der Waals surface area contributed by atoms with E-state index in [9.17, 15) is 14.7 Å². The average Bonchev–Trinajstić information content (AvgIpc) is 3.52. The van der Waals surface area contributed by atoms with E-state index in [0.29, 0.717) is 29.5 Å². The van der Waals surface area contributed by atoms with Crippen molar-refractivity contribution in [1.29, 1.82) is 0 Å². The van der Waals surface area contributed by atoms with Crippen LogP contribution in [0.4, 0.5) is 10.5 Å². The number of urea groups is 1. The number of rotatable bonds is 3. The molecule has 8 heteroatoms. The van der Waals surface area contributed by atoms with E-state index in [2.05, 4.69) is 5.32 Å². The number of carbonyl (C=O) groups is 1. The Labute approximate surface area is 184 Å². The van der Waals surface area contributed by atoms with Crippen LogP contribution >= 0.6 is 11.6 Å². The van der Waals surface area contributed by atoms with Crippen molar-refractivity contribution in [3.63, 3.8) is 0 Å². The molecule has 5 rings (SSSR count). The molecule has 160 valence electrons. The van der Waals surface area contributed by atoms with Crippen molar-refractivity contribution >= 4 is 23.3 Å². The fourth-order valence-electron chi connectivity index (χ4n) is 4.44. The number of amides is 2. The molecule has 1 aliphatic heterocycles. The SMILES string of the molecule is Cc1cccc(Cl)c1NC(=O)N1CCn2c(c(O)n([C@H]3C[C@@H]3c3ccccc3)c2=O)C1. The van der Waals surface area contributed by atoms with Gasteiger partial charge in [-0.3, -0.25) is 9.13 Å². The van der Waals surface area contributed by atoms with Crippen molar-refractivity contribution < 1.29 is 9.90 Å². The Morgan fingerprint density at radius 3 is 2.65 bits per heavy atom. The van der Waals surface area contributed by atoms with Gasteiger partial charge in [0.05, 0.1) is 17.3 Å². The molecule has 2 N–H and O–H groups in total. The summed E-state index contributed by atoms with van der Waals surface area (Å²) in [6.07, 6.45) is 0.816. The number of imidazole rings is 1. The number of halogens is 1. The zero-order valence-corrected chi connectivity index (χ0v) is 17.8. The number of nitrogens with zero attached hydrogens (tertiary/aromatic N) is 3. The molecular weight excluding hydrogens is 416 g/mol. The quantitative estimate of drug-likeness (QED) is 0.646. The molecule has 2 aliphatic rings. The number of anilines is 1. The highest BCUT2D eigenvalue weighted by atomic mass is 35.5. The number of carbonyl (C=O) groups excluding carboxylic acids is 1. The molecule has 31 heavy (non-hydrogen) atoms. The molecule has 2 atom stereocenters. The molecule has 1 aliphatic carbocycles. The molecule has 0 radical (unpaired) electrons. The van der Waals surface area contributed by atoms with E-state index in [1.807, 2.05) is 49.4 Å². The monoisotopic (exact) mass is 438 g/mol. The molecule has 2 amide bonds. The summed E-state index contributed by atoms with van der Waals surface area (Å²) >= 11 is 6.23. The third-order valence-electron chi connectivity index (χ3n) is 6.24. The lowest BCUT2D eigenvalue weighted by Gasteiger charge is -2.28. The first kappa shape index (κ1) is 19.8. The zero-order valence-electron chi connectivity index (χ0n) is 17.1. The summed E-state index contributed by atoms with van der Waals surface area (Å²) < 4.78 is 3.08. The predicted octanol–water partition coefficient (Wildman–Crippen LogP) is 4.09. The summed E-state index contributed by atoms with van der Waals surface area (Å²) in [6.45, 7) is 2.75. The molecular formula is C23H23ClN4O3. The number of hydrogen-bond acceptors (Lipinski definition) is 3. The molecule has 1 fully saturated rings. The summed E-state index contributed by atoms with van der Waals surface area (Å²) in [5.41, 5.74) is 2.87. The number of aromatic hydroxyl groups is 1. The van der Waals surface area contributed by atoms with Gasteiger partial charge in [-0.2, -0.15) is 0 Å². The Balaban J connectivity index is 1.37. The molecule has 0 spiro atoms. The number of hydrogen-bond donors (Lipinski definition) is 2. The van der Waals surface area contributed by atoms with E-state index in [4.69, 9.17) is 11.6 Å². The van der Waals surface area contributed by atoms with Gasteiger partial charge in [0.1, 0.15) is 5.69 Å². The second-order valence-corrected chi connectivity index (χ2v) is 8.59. The van der Waals surface area contributed by atoms with Crippen LogP contribution in [0.25, 0.3) is 0 Å². The van der Waals surface area contributed by atoms with Crippen LogP contribution in [0.1, 0.15) is 35.2 Å². The lowest BCUT2D eigenvalue weighted by Crippen LogP contribution is -2.42. The van der Waals surface area contributed by atoms with Gasteiger partial charge in [0, 0.05) is 25.0 Å². The molecule has 3 aromatic rings. The maximum absolute atomic E-state index is 13.0. The highest BCUT2D eigenvalue weighted by Gasteiger charge is 2.44. The molecule has 1 aromatic heterocycles. The molecule has 1 saturated carbocycles. The Hall–Kier alpha value is -3.19. The van der Waals surface area contributed by atoms with Gasteiger partial charge in [-0.25, -0.2) is 9.59 Å². The lowest BCUT2D eigenvalue weighted by molar-refractivity contribution is 0.195. The third kappa shape index (κ3) is 3.39. The van der Waals surface area contributed by atoms with Crippen LogP contribution in [0.5, 0.6) is 5.88 Å². The van der Waals surface area contributed by atoms with E-state index in [1.54, 1.807) is 15.5 Å². The summed E-state index contributed by atoms with van der Waals surface area (Å²) in [6, 6.07) is 15.1. The van der Waals surface area contributed by atoms with E-state index in [1.165, 1.54) is 10.1 Å². The first-order chi connectivity index (χ1) is 15.0. The van der Waals surface area contributed by atoms with Crippen molar-refractivity contribution in [3.8, 4) is 5.88 Å². The van der Waals surface area contributed by atoms with Crippen LogP contribution in [-0.4, -0.2) is 31.7 Å². The van der Waals surface area contributed by atoms with E-state index in [0.717, 1.165) is 12.0 Å². The van der Waals surface area contributed by atoms with Crippen molar-refractivity contribution in [3.05, 3.63) is 80.9 Å². The summed E-state index contributed by atoms with van der Waals surface area (Å²) in [4.78, 5) is 27.4. The number of nitrogens with one attached hydrogen (secondary N) is 1. The highest BCUT2D eigenvalue weighted by Crippen LogP contribution is 2.52. The second-order valence-electron chi connectivity index (χ2n) is 8.18. The summed E-state index contributed by atoms with van der Waals surface area (Å²) in [5.74, 6) is 0.178. The fourth-order valence-corrected chi connectivity index (χ4v) is 4.71. The predicted molar refractivity (Wildman–Crippen MR) is 119 cm³/mol. The van der Waals surface area contributed by atoms with E-state index in [-0.39, 0.29) is 36.1 Å². The summed E-state index contributed by atoms with van der Waals surface area (Å²) in [5, 5.41) is 14.2. The first-order valence-corrected chi connectivity index (χ1v) is 10.7. The minimum atomic E-state index is -0.310. The normalized spacial score (nSPS) is 19.7. The molecule has 7 nitrogen and oxygen atoms in total. The standard InChI is InChI=1S/C23H23ClN4O3/c1-14-6-5-9-17(24)20(14)25-22(30)26-10-11-27-19(13-26)21(29)28(23(27)31)18-12-16(18)15-7-3-2-4-8-15/h2-9,16,18,29H,10-13H2,1H3,(H,25,30)/t16-,18+/m1/s1. The maximum atomic E-state index is 13.0. The molecule has 0 unspecified atom stereocenters. The number of aryl methyl sites for hydroxylation is 1. The van der Waals surface area contributed by atoms with Gasteiger partial charge < -0.3 is 15.3 Å². The second kappa shape index (κ2) is 7.50. The number of aromatic nitrogens is 2. The van der Waals surface area contributed by atoms with Crippen molar-refractivity contribution in [2.24, 2.45) is 0 Å². The van der Waals surface area contributed by atoms with E-state index < -0.39 is 0 Å². The molecule has 2 aromatic carbocycles. The Morgan fingerprint density at radius 1 is 1.13 bits per heavy atom. The highest BCUT2D eigenvalue weighted by molar-refractivity contribution is 6.33. The number of para-hydroxylation sites is 1. The van der Waals surface area contributed by atoms with Gasteiger partial charge in [-0.15, -0.1) is 0 Å². The van der Waals surface area contributed by atoms with Crippen LogP contribution < -0.4 is 11.0 Å². The Morgan fingerprint density at radius 2 is 1.90 bits per heavy atom. The van der Waals surface area contributed by atoms with Gasteiger partial charge in [-0.05, 0) is 30.5 Å². The van der Waals surface area contributed by atoms with Crippen molar-refractivity contribution in [2.45, 2.75) is 38.4 Å². The molecule has 2 heterocycles. The minimum Gasteiger partial charge on any atom is -0.493 e. The van der Waals surface area contributed by atoms with Crippen LogP contribution in [0.2, 0.25) is 5.02 Å². The summed E-state index contributed by atoms with van der Waals surface area (Å²) in [7, 11) is 0. The largest absolute Gasteiger partial charge is 0.493 e. The van der Waals surface area contributed by atoms with Crippen molar-refractivity contribution in [1.82, 2.24) is 14.0 Å². The van der Waals surface area contributed by atoms with Crippen LogP contribution in [-0.2, 0) is 13.1 Å². The fraction of sp³-hybridized carbons (Fsp3) is 0.304.